The summed E-state index contributed by atoms with van der Waals surface area (Å²) in [7, 11) is 1.83. The summed E-state index contributed by atoms with van der Waals surface area (Å²) in [6, 6.07) is 3.79. The molecule has 2 rings (SSSR count). The third kappa shape index (κ3) is 2.77. The highest BCUT2D eigenvalue weighted by Crippen LogP contribution is 2.29. The fourth-order valence-electron chi connectivity index (χ4n) is 1.42. The van der Waals surface area contributed by atoms with Gasteiger partial charge in [0, 0.05) is 26.0 Å². The van der Waals surface area contributed by atoms with Gasteiger partial charge in [-0.05, 0) is 11.6 Å². The molecule has 0 atom stereocenters. The molecule has 94 valence electrons. The van der Waals surface area contributed by atoms with E-state index in [-0.39, 0.29) is 10.0 Å². The molecule has 0 aromatic carbocycles. The highest BCUT2D eigenvalue weighted by atomic mass is 35.5. The van der Waals surface area contributed by atoms with Gasteiger partial charge in [0.15, 0.2) is 15.2 Å². The van der Waals surface area contributed by atoms with Crippen molar-refractivity contribution in [2.45, 2.75) is 6.54 Å². The number of carboxylic acid groups (broad SMARTS) is 1. The summed E-state index contributed by atoms with van der Waals surface area (Å²) >= 11 is 6.82. The third-order valence-corrected chi connectivity index (χ3v) is 3.78. The van der Waals surface area contributed by atoms with Crippen LogP contribution in [0.2, 0.25) is 5.15 Å². The highest BCUT2D eigenvalue weighted by molar-refractivity contribution is 7.18. The molecule has 0 aliphatic heterocycles. The molecule has 0 radical (unpaired) electrons. The van der Waals surface area contributed by atoms with Gasteiger partial charge < -0.3 is 10.0 Å². The smallest absolute Gasteiger partial charge is 0.349 e. The Morgan fingerprint density at radius 1 is 1.61 bits per heavy atom. The van der Waals surface area contributed by atoms with Crippen molar-refractivity contribution in [1.29, 1.82) is 0 Å². The summed E-state index contributed by atoms with van der Waals surface area (Å²) in [5, 5.41) is 9.51. The normalized spacial score (nSPS) is 10.3. The van der Waals surface area contributed by atoms with E-state index in [1.165, 1.54) is 0 Å². The monoisotopic (exact) mass is 283 g/mol. The second-order valence-electron chi connectivity index (χ2n) is 3.64. The summed E-state index contributed by atoms with van der Waals surface area (Å²) in [6.45, 7) is 0.594. The molecule has 0 aliphatic rings. The number of pyridine rings is 1. The standard InChI is InChI=1S/C11H10ClN3O2S/c1-15(6-7-3-2-4-13-5-7)11-14-9(12)8(18-11)10(16)17/h2-5H,6H2,1H3,(H,16,17). The van der Waals surface area contributed by atoms with Crippen molar-refractivity contribution in [1.82, 2.24) is 9.97 Å². The van der Waals surface area contributed by atoms with E-state index in [0.717, 1.165) is 16.9 Å². The molecule has 2 heterocycles. The number of thiazole rings is 1. The molecule has 7 heteroatoms. The van der Waals surface area contributed by atoms with E-state index in [1.807, 2.05) is 24.1 Å². The Morgan fingerprint density at radius 3 is 2.94 bits per heavy atom. The molecule has 1 N–H and O–H groups in total. The van der Waals surface area contributed by atoms with Crippen LogP contribution in [0.25, 0.3) is 0 Å². The minimum absolute atomic E-state index is 0.0283. The number of nitrogens with zero attached hydrogens (tertiary/aromatic N) is 3. The predicted molar refractivity (Wildman–Crippen MR) is 70.4 cm³/mol. The zero-order valence-corrected chi connectivity index (χ0v) is 11.1. The van der Waals surface area contributed by atoms with Crippen LogP contribution in [0.3, 0.4) is 0 Å². The molecule has 0 amide bonds. The summed E-state index contributed by atoms with van der Waals surface area (Å²) in [6.07, 6.45) is 3.45. The Kier molecular flexibility index (Phi) is 3.78. The molecule has 0 unspecified atom stereocenters. The number of aromatic carboxylic acids is 1. The van der Waals surface area contributed by atoms with Crippen LogP contribution in [0.5, 0.6) is 0 Å². The van der Waals surface area contributed by atoms with Gasteiger partial charge in [0.1, 0.15) is 0 Å². The molecule has 0 aliphatic carbocycles. The average molecular weight is 284 g/mol. The van der Waals surface area contributed by atoms with Crippen LogP contribution in [0, 0.1) is 0 Å². The van der Waals surface area contributed by atoms with Gasteiger partial charge in [-0.3, -0.25) is 4.98 Å². The van der Waals surface area contributed by atoms with E-state index in [4.69, 9.17) is 16.7 Å². The number of rotatable bonds is 4. The van der Waals surface area contributed by atoms with E-state index in [2.05, 4.69) is 9.97 Å². The number of hydrogen-bond donors (Lipinski definition) is 1. The first-order valence-electron chi connectivity index (χ1n) is 5.07. The number of carbonyl (C=O) groups is 1. The molecule has 2 aromatic rings. The lowest BCUT2D eigenvalue weighted by Crippen LogP contribution is -2.16. The number of aromatic nitrogens is 2. The van der Waals surface area contributed by atoms with Crippen LogP contribution in [0.1, 0.15) is 15.2 Å². The van der Waals surface area contributed by atoms with E-state index in [1.54, 1.807) is 12.4 Å². The van der Waals surface area contributed by atoms with Crippen LogP contribution in [0.15, 0.2) is 24.5 Å². The number of hydrogen-bond acceptors (Lipinski definition) is 5. The SMILES string of the molecule is CN(Cc1cccnc1)c1nc(Cl)c(C(=O)O)s1. The van der Waals surface area contributed by atoms with Crippen molar-refractivity contribution in [2.24, 2.45) is 0 Å². The lowest BCUT2D eigenvalue weighted by molar-refractivity contribution is 0.0702. The molecular weight excluding hydrogens is 274 g/mol. The fourth-order valence-corrected chi connectivity index (χ4v) is 2.50. The quantitative estimate of drug-likeness (QED) is 0.934. The first kappa shape index (κ1) is 12.8. The lowest BCUT2D eigenvalue weighted by Gasteiger charge is -2.14. The minimum Gasteiger partial charge on any atom is -0.477 e. The van der Waals surface area contributed by atoms with E-state index in [9.17, 15) is 4.79 Å². The Balaban J connectivity index is 2.17. The van der Waals surface area contributed by atoms with Crippen molar-refractivity contribution >= 4 is 34.0 Å². The first-order valence-corrected chi connectivity index (χ1v) is 6.27. The molecule has 0 bridgehead atoms. The Bertz CT molecular complexity index is 559. The highest BCUT2D eigenvalue weighted by Gasteiger charge is 2.17. The number of anilines is 1. The topological polar surface area (TPSA) is 66.3 Å². The Labute approximate surface area is 113 Å². The van der Waals surface area contributed by atoms with Crippen LogP contribution < -0.4 is 4.90 Å². The summed E-state index contributed by atoms with van der Waals surface area (Å²) in [5.74, 6) is -1.06. The van der Waals surface area contributed by atoms with Gasteiger partial charge in [0.2, 0.25) is 0 Å². The van der Waals surface area contributed by atoms with Crippen LogP contribution in [-0.4, -0.2) is 28.1 Å². The molecule has 5 nitrogen and oxygen atoms in total. The maximum absolute atomic E-state index is 10.9. The summed E-state index contributed by atoms with van der Waals surface area (Å²) in [4.78, 5) is 20.8. The minimum atomic E-state index is -1.06. The molecule has 0 fully saturated rings. The van der Waals surface area contributed by atoms with E-state index >= 15 is 0 Å². The van der Waals surface area contributed by atoms with E-state index < -0.39 is 5.97 Å². The fraction of sp³-hybridized carbons (Fsp3) is 0.182. The van der Waals surface area contributed by atoms with Gasteiger partial charge in [-0.15, -0.1) is 0 Å². The second kappa shape index (κ2) is 5.32. The molecular formula is C11H10ClN3O2S. The van der Waals surface area contributed by atoms with Gasteiger partial charge >= 0.3 is 5.97 Å². The van der Waals surface area contributed by atoms with Crippen LogP contribution >= 0.6 is 22.9 Å². The molecule has 2 aromatic heterocycles. The molecule has 18 heavy (non-hydrogen) atoms. The van der Waals surface area contributed by atoms with Gasteiger partial charge in [-0.25, -0.2) is 9.78 Å². The second-order valence-corrected chi connectivity index (χ2v) is 4.97. The average Bonchev–Trinajstić information content (AvgIpc) is 2.73. The lowest BCUT2D eigenvalue weighted by atomic mass is 10.3. The third-order valence-electron chi connectivity index (χ3n) is 2.24. The molecule has 0 spiro atoms. The van der Waals surface area contributed by atoms with Crippen LogP contribution in [-0.2, 0) is 6.54 Å². The van der Waals surface area contributed by atoms with E-state index in [0.29, 0.717) is 11.7 Å². The number of carboxylic acids is 1. The van der Waals surface area contributed by atoms with Crippen molar-refractivity contribution in [3.8, 4) is 0 Å². The van der Waals surface area contributed by atoms with Crippen molar-refractivity contribution in [3.05, 3.63) is 40.1 Å². The zero-order chi connectivity index (χ0) is 13.1. The Morgan fingerprint density at radius 2 is 2.39 bits per heavy atom. The van der Waals surface area contributed by atoms with Gasteiger partial charge in [-0.1, -0.05) is 29.0 Å². The van der Waals surface area contributed by atoms with Gasteiger partial charge in [0.05, 0.1) is 0 Å². The summed E-state index contributed by atoms with van der Waals surface area (Å²) < 4.78 is 0. The zero-order valence-electron chi connectivity index (χ0n) is 9.50. The van der Waals surface area contributed by atoms with Gasteiger partial charge in [0.25, 0.3) is 0 Å². The molecule has 0 saturated heterocycles. The number of halogens is 1. The Hall–Kier alpha value is -1.66. The maximum Gasteiger partial charge on any atom is 0.349 e. The summed E-state index contributed by atoms with van der Waals surface area (Å²) in [5.41, 5.74) is 1.02. The molecule has 0 saturated carbocycles. The largest absolute Gasteiger partial charge is 0.477 e. The maximum atomic E-state index is 10.9. The predicted octanol–water partition coefficient (Wildman–Crippen LogP) is 2.53. The van der Waals surface area contributed by atoms with Crippen LogP contribution in [0.4, 0.5) is 5.13 Å². The van der Waals surface area contributed by atoms with Crippen molar-refractivity contribution in [3.63, 3.8) is 0 Å². The van der Waals surface area contributed by atoms with Gasteiger partial charge in [-0.2, -0.15) is 0 Å². The first-order chi connectivity index (χ1) is 8.58. The van der Waals surface area contributed by atoms with Crippen molar-refractivity contribution in [2.75, 3.05) is 11.9 Å². The van der Waals surface area contributed by atoms with Crippen molar-refractivity contribution < 1.29 is 9.90 Å².